The maximum atomic E-state index is 11.1. The molecule has 23 heavy (non-hydrogen) atoms. The highest BCUT2D eigenvalue weighted by Crippen LogP contribution is 2.38. The summed E-state index contributed by atoms with van der Waals surface area (Å²) in [6.45, 7) is 2.34. The first-order valence-electron chi connectivity index (χ1n) is 7.85. The fourth-order valence-corrected chi connectivity index (χ4v) is 3.60. The molecule has 0 bridgehead atoms. The zero-order valence-electron chi connectivity index (χ0n) is 14.0. The molecule has 0 amide bonds. The Balaban J connectivity index is 2.03. The van der Waals surface area contributed by atoms with Gasteiger partial charge in [-0.15, -0.1) is 0 Å². The van der Waals surface area contributed by atoms with E-state index in [0.29, 0.717) is 12.6 Å². The van der Waals surface area contributed by atoms with Crippen LogP contribution in [0.3, 0.4) is 0 Å². The molecule has 6 nitrogen and oxygen atoms in total. The van der Waals surface area contributed by atoms with E-state index in [4.69, 9.17) is 9.47 Å². The molecule has 1 aliphatic heterocycles. The smallest absolute Gasteiger partial charge is 0.208 e. The lowest BCUT2D eigenvalue weighted by atomic mass is 10.0. The second kappa shape index (κ2) is 7.99. The lowest BCUT2D eigenvalue weighted by molar-refractivity contribution is 0.248. The van der Waals surface area contributed by atoms with E-state index in [0.717, 1.165) is 49.4 Å². The lowest BCUT2D eigenvalue weighted by Crippen LogP contribution is -2.29. The van der Waals surface area contributed by atoms with Gasteiger partial charge < -0.3 is 9.47 Å². The number of rotatable bonds is 8. The molecule has 2 rings (SSSR count). The Morgan fingerprint density at radius 2 is 2.09 bits per heavy atom. The van der Waals surface area contributed by atoms with Gasteiger partial charge in [-0.3, -0.25) is 4.90 Å². The summed E-state index contributed by atoms with van der Waals surface area (Å²) in [6.07, 6.45) is 4.18. The molecule has 1 unspecified atom stereocenters. The number of benzene rings is 1. The van der Waals surface area contributed by atoms with Crippen molar-refractivity contribution in [1.29, 1.82) is 0 Å². The number of sulfonamides is 1. The summed E-state index contributed by atoms with van der Waals surface area (Å²) in [5.74, 6) is 1.70. The Morgan fingerprint density at radius 3 is 2.74 bits per heavy atom. The van der Waals surface area contributed by atoms with Crippen LogP contribution in [0.1, 0.15) is 30.9 Å². The van der Waals surface area contributed by atoms with Crippen LogP contribution in [0.25, 0.3) is 0 Å². The molecule has 1 heterocycles. The second-order valence-corrected chi connectivity index (χ2v) is 7.65. The predicted octanol–water partition coefficient (Wildman–Crippen LogP) is 1.78. The van der Waals surface area contributed by atoms with E-state index in [9.17, 15) is 8.42 Å². The third-order valence-electron chi connectivity index (χ3n) is 4.15. The van der Waals surface area contributed by atoms with Crippen LogP contribution >= 0.6 is 0 Å². The summed E-state index contributed by atoms with van der Waals surface area (Å²) in [5, 5.41) is 0. The summed E-state index contributed by atoms with van der Waals surface area (Å²) < 4.78 is 35.6. The number of likely N-dealkylation sites (tertiary alicyclic amines) is 1. The Bertz CT molecular complexity index is 619. The van der Waals surface area contributed by atoms with E-state index in [-0.39, 0.29) is 0 Å². The first-order valence-corrected chi connectivity index (χ1v) is 9.74. The average molecular weight is 342 g/mol. The fourth-order valence-electron chi connectivity index (χ4n) is 3.09. The van der Waals surface area contributed by atoms with Crippen LogP contribution in [0.5, 0.6) is 11.5 Å². The van der Waals surface area contributed by atoms with Gasteiger partial charge in [0.25, 0.3) is 0 Å². The number of hydrogen-bond donors (Lipinski definition) is 1. The maximum Gasteiger partial charge on any atom is 0.208 e. The lowest BCUT2D eigenvalue weighted by Gasteiger charge is -2.26. The van der Waals surface area contributed by atoms with Gasteiger partial charge in [0.2, 0.25) is 10.0 Å². The standard InChI is InChI=1S/C16H26N2O4S/c1-21-13-7-8-16(22-2)14(12-13)15-6-4-10-18(15)11-5-9-17-23(3,19)20/h7-8,12,15,17H,4-6,9-11H2,1-3H3. The van der Waals surface area contributed by atoms with Crippen molar-refractivity contribution in [2.24, 2.45) is 0 Å². The van der Waals surface area contributed by atoms with Crippen LogP contribution in [0.15, 0.2) is 18.2 Å². The molecule has 1 N–H and O–H groups in total. The number of nitrogens with one attached hydrogen (secondary N) is 1. The zero-order chi connectivity index (χ0) is 16.9. The van der Waals surface area contributed by atoms with Gasteiger partial charge in [-0.2, -0.15) is 0 Å². The summed E-state index contributed by atoms with van der Waals surface area (Å²) in [6, 6.07) is 6.17. The first kappa shape index (κ1) is 18.0. The summed E-state index contributed by atoms with van der Waals surface area (Å²) in [5.41, 5.74) is 1.14. The van der Waals surface area contributed by atoms with Gasteiger partial charge in [0, 0.05) is 18.2 Å². The highest BCUT2D eigenvalue weighted by atomic mass is 32.2. The fraction of sp³-hybridized carbons (Fsp3) is 0.625. The first-order chi connectivity index (χ1) is 10.9. The van der Waals surface area contributed by atoms with Gasteiger partial charge in [0.05, 0.1) is 20.5 Å². The van der Waals surface area contributed by atoms with Gasteiger partial charge in [-0.25, -0.2) is 13.1 Å². The van der Waals surface area contributed by atoms with E-state index in [1.165, 1.54) is 6.26 Å². The number of ether oxygens (including phenoxy) is 2. The van der Waals surface area contributed by atoms with Gasteiger partial charge >= 0.3 is 0 Å². The quantitative estimate of drug-likeness (QED) is 0.730. The van der Waals surface area contributed by atoms with Gasteiger partial charge in [-0.05, 0) is 50.6 Å². The molecule has 7 heteroatoms. The molecular weight excluding hydrogens is 316 g/mol. The Morgan fingerprint density at radius 1 is 1.30 bits per heavy atom. The molecule has 130 valence electrons. The van der Waals surface area contributed by atoms with Crippen molar-refractivity contribution in [2.75, 3.05) is 40.1 Å². The van der Waals surface area contributed by atoms with Crippen molar-refractivity contribution in [3.63, 3.8) is 0 Å². The van der Waals surface area contributed by atoms with Crippen LogP contribution < -0.4 is 14.2 Å². The van der Waals surface area contributed by atoms with E-state index in [1.54, 1.807) is 14.2 Å². The van der Waals surface area contributed by atoms with Crippen LogP contribution in [-0.4, -0.2) is 53.4 Å². The number of nitrogens with zero attached hydrogens (tertiary/aromatic N) is 1. The van der Waals surface area contributed by atoms with Crippen molar-refractivity contribution in [3.05, 3.63) is 23.8 Å². The van der Waals surface area contributed by atoms with Crippen LogP contribution in [-0.2, 0) is 10.0 Å². The van der Waals surface area contributed by atoms with E-state index < -0.39 is 10.0 Å². The molecular formula is C16H26N2O4S. The van der Waals surface area contributed by atoms with E-state index in [1.807, 2.05) is 18.2 Å². The van der Waals surface area contributed by atoms with Crippen molar-refractivity contribution < 1.29 is 17.9 Å². The SMILES string of the molecule is COc1ccc(OC)c(C2CCCN2CCCNS(C)(=O)=O)c1. The zero-order valence-corrected chi connectivity index (χ0v) is 14.9. The van der Waals surface area contributed by atoms with Crippen LogP contribution in [0.2, 0.25) is 0 Å². The highest BCUT2D eigenvalue weighted by Gasteiger charge is 2.28. The molecule has 0 spiro atoms. The van der Waals surface area contributed by atoms with Crippen molar-refractivity contribution in [3.8, 4) is 11.5 Å². The van der Waals surface area contributed by atoms with Crippen molar-refractivity contribution >= 4 is 10.0 Å². The Kier molecular flexibility index (Phi) is 6.26. The molecule has 0 saturated carbocycles. The highest BCUT2D eigenvalue weighted by molar-refractivity contribution is 7.88. The van der Waals surface area contributed by atoms with Gasteiger partial charge in [0.15, 0.2) is 0 Å². The van der Waals surface area contributed by atoms with Crippen molar-refractivity contribution in [1.82, 2.24) is 9.62 Å². The predicted molar refractivity (Wildman–Crippen MR) is 90.6 cm³/mol. The summed E-state index contributed by atoms with van der Waals surface area (Å²) in [4.78, 5) is 2.39. The third kappa shape index (κ3) is 5.09. The Hall–Kier alpha value is -1.31. The Labute approximate surface area is 138 Å². The van der Waals surface area contributed by atoms with E-state index in [2.05, 4.69) is 9.62 Å². The molecule has 1 saturated heterocycles. The third-order valence-corrected chi connectivity index (χ3v) is 4.87. The largest absolute Gasteiger partial charge is 0.497 e. The molecule has 1 atom stereocenters. The summed E-state index contributed by atoms with van der Waals surface area (Å²) in [7, 11) is 0.232. The molecule has 1 aromatic rings. The molecule has 1 aliphatic rings. The average Bonchev–Trinajstić information content (AvgIpc) is 2.98. The van der Waals surface area contributed by atoms with E-state index >= 15 is 0 Å². The minimum atomic E-state index is -3.11. The number of methoxy groups -OCH3 is 2. The maximum absolute atomic E-state index is 11.1. The number of hydrogen-bond acceptors (Lipinski definition) is 5. The minimum absolute atomic E-state index is 0.290. The van der Waals surface area contributed by atoms with Crippen molar-refractivity contribution in [2.45, 2.75) is 25.3 Å². The van der Waals surface area contributed by atoms with Gasteiger partial charge in [0.1, 0.15) is 11.5 Å². The van der Waals surface area contributed by atoms with Crippen LogP contribution in [0.4, 0.5) is 0 Å². The molecule has 1 aromatic carbocycles. The molecule has 0 aromatic heterocycles. The topological polar surface area (TPSA) is 67.9 Å². The van der Waals surface area contributed by atoms with Gasteiger partial charge in [-0.1, -0.05) is 0 Å². The normalized spacial score (nSPS) is 19.0. The molecule has 0 aliphatic carbocycles. The second-order valence-electron chi connectivity index (χ2n) is 5.82. The van der Waals surface area contributed by atoms with Crippen LogP contribution in [0, 0.1) is 0 Å². The monoisotopic (exact) mass is 342 g/mol. The summed E-state index contributed by atoms with van der Waals surface area (Å²) >= 11 is 0. The minimum Gasteiger partial charge on any atom is -0.497 e. The molecule has 0 radical (unpaired) electrons. The molecule has 1 fully saturated rings.